The highest BCUT2D eigenvalue weighted by Crippen LogP contribution is 2.40. The van der Waals surface area contributed by atoms with E-state index in [0.717, 1.165) is 0 Å². The summed E-state index contributed by atoms with van der Waals surface area (Å²) in [6.07, 6.45) is 0.229. The van der Waals surface area contributed by atoms with Gasteiger partial charge in [-0.2, -0.15) is 0 Å². The van der Waals surface area contributed by atoms with Crippen LogP contribution in [0.4, 0.5) is 0 Å². The summed E-state index contributed by atoms with van der Waals surface area (Å²) in [6, 6.07) is 7.97. The molecule has 1 fully saturated rings. The number of carboxylic acids is 1. The van der Waals surface area contributed by atoms with Crippen molar-refractivity contribution in [1.82, 2.24) is 0 Å². The van der Waals surface area contributed by atoms with E-state index in [0.29, 0.717) is 0 Å². The number of hydrogen-bond donors (Lipinski definition) is 1. The molecule has 1 aliphatic rings. The second-order valence-corrected chi connectivity index (χ2v) is 5.74. The highest BCUT2D eigenvalue weighted by molar-refractivity contribution is 7.92. The average molecular weight is 226 g/mol. The molecule has 1 aliphatic carbocycles. The van der Waals surface area contributed by atoms with E-state index in [-0.39, 0.29) is 11.3 Å². The van der Waals surface area contributed by atoms with Gasteiger partial charge in [0, 0.05) is 0 Å². The molecule has 2 rings (SSSR count). The Hall–Kier alpha value is -1.36. The lowest BCUT2D eigenvalue weighted by Crippen LogP contribution is -2.13. The van der Waals surface area contributed by atoms with Gasteiger partial charge in [0.2, 0.25) is 0 Å². The fraction of sp³-hybridized carbons (Fsp3) is 0.300. The highest BCUT2D eigenvalue weighted by Gasteiger charge is 2.52. The van der Waals surface area contributed by atoms with E-state index in [1.807, 2.05) is 0 Å². The lowest BCUT2D eigenvalue weighted by molar-refractivity contribution is -0.138. The largest absolute Gasteiger partial charge is 0.481 e. The second kappa shape index (κ2) is 3.34. The lowest BCUT2D eigenvalue weighted by Gasteiger charge is -2.01. The van der Waals surface area contributed by atoms with E-state index < -0.39 is 27.0 Å². The Morgan fingerprint density at radius 1 is 1.27 bits per heavy atom. The van der Waals surface area contributed by atoms with Crippen LogP contribution in [-0.4, -0.2) is 24.7 Å². The van der Waals surface area contributed by atoms with Crippen molar-refractivity contribution >= 4 is 15.8 Å². The Bertz CT molecular complexity index is 477. The fourth-order valence-corrected chi connectivity index (χ4v) is 3.46. The first-order chi connectivity index (χ1) is 7.03. The number of benzene rings is 1. The standard InChI is InChI=1S/C10H10O4S/c11-10(12)8-6-9(8)15(13,14)7-4-2-1-3-5-7/h1-5,8-9H,6H2,(H,11,12)/t8-,9+/m1/s1. The molecule has 4 nitrogen and oxygen atoms in total. The third-order valence-corrected chi connectivity index (χ3v) is 4.77. The molecule has 0 radical (unpaired) electrons. The van der Waals surface area contributed by atoms with Gasteiger partial charge in [-0.05, 0) is 18.6 Å². The zero-order chi connectivity index (χ0) is 11.1. The minimum atomic E-state index is -3.44. The first-order valence-electron chi connectivity index (χ1n) is 4.55. The van der Waals surface area contributed by atoms with E-state index in [1.165, 1.54) is 12.1 Å². The summed E-state index contributed by atoms with van der Waals surface area (Å²) in [6.45, 7) is 0. The van der Waals surface area contributed by atoms with E-state index in [4.69, 9.17) is 5.11 Å². The van der Waals surface area contributed by atoms with Crippen molar-refractivity contribution in [3.8, 4) is 0 Å². The van der Waals surface area contributed by atoms with Crippen LogP contribution in [-0.2, 0) is 14.6 Å². The smallest absolute Gasteiger partial charge is 0.307 e. The maximum atomic E-state index is 11.8. The molecule has 0 saturated heterocycles. The van der Waals surface area contributed by atoms with Crippen LogP contribution in [0.25, 0.3) is 0 Å². The van der Waals surface area contributed by atoms with Crippen molar-refractivity contribution in [2.24, 2.45) is 5.92 Å². The molecule has 1 aromatic rings. The SMILES string of the molecule is O=C(O)[C@@H]1C[C@@H]1S(=O)(=O)c1ccccc1. The fourth-order valence-electron chi connectivity index (χ4n) is 1.56. The van der Waals surface area contributed by atoms with Gasteiger partial charge in [-0.25, -0.2) is 8.42 Å². The normalized spacial score (nSPS) is 24.8. The van der Waals surface area contributed by atoms with Gasteiger partial charge in [0.1, 0.15) is 0 Å². The van der Waals surface area contributed by atoms with Gasteiger partial charge >= 0.3 is 5.97 Å². The van der Waals surface area contributed by atoms with E-state index in [9.17, 15) is 13.2 Å². The Morgan fingerprint density at radius 3 is 2.33 bits per heavy atom. The van der Waals surface area contributed by atoms with Crippen LogP contribution >= 0.6 is 0 Å². The van der Waals surface area contributed by atoms with Gasteiger partial charge in [-0.1, -0.05) is 18.2 Å². The molecule has 0 aromatic heterocycles. The van der Waals surface area contributed by atoms with Gasteiger partial charge in [0.05, 0.1) is 16.1 Å². The summed E-state index contributed by atoms with van der Waals surface area (Å²) < 4.78 is 23.7. The molecule has 0 heterocycles. The van der Waals surface area contributed by atoms with Crippen LogP contribution in [0, 0.1) is 5.92 Å². The highest BCUT2D eigenvalue weighted by atomic mass is 32.2. The minimum absolute atomic E-state index is 0.207. The molecule has 1 saturated carbocycles. The van der Waals surface area contributed by atoms with Crippen LogP contribution in [0.3, 0.4) is 0 Å². The zero-order valence-electron chi connectivity index (χ0n) is 7.83. The number of hydrogen-bond acceptors (Lipinski definition) is 3. The molecular weight excluding hydrogens is 216 g/mol. The van der Waals surface area contributed by atoms with Crippen molar-refractivity contribution in [2.75, 3.05) is 0 Å². The maximum Gasteiger partial charge on any atom is 0.307 e. The Labute approximate surface area is 87.5 Å². The molecule has 0 amide bonds. The van der Waals surface area contributed by atoms with Crippen molar-refractivity contribution in [1.29, 1.82) is 0 Å². The van der Waals surface area contributed by atoms with Crippen LogP contribution < -0.4 is 0 Å². The van der Waals surface area contributed by atoms with Gasteiger partial charge in [0.15, 0.2) is 9.84 Å². The molecule has 15 heavy (non-hydrogen) atoms. The second-order valence-electron chi connectivity index (χ2n) is 3.58. The maximum absolute atomic E-state index is 11.8. The minimum Gasteiger partial charge on any atom is -0.481 e. The van der Waals surface area contributed by atoms with E-state index >= 15 is 0 Å². The van der Waals surface area contributed by atoms with Crippen LogP contribution in [0.2, 0.25) is 0 Å². The van der Waals surface area contributed by atoms with Crippen LogP contribution in [0.5, 0.6) is 0 Å². The monoisotopic (exact) mass is 226 g/mol. The summed E-state index contributed by atoms with van der Waals surface area (Å²) in [5, 5.41) is 7.93. The quantitative estimate of drug-likeness (QED) is 0.832. The molecule has 5 heteroatoms. The number of carbonyl (C=O) groups is 1. The predicted octanol–water partition coefficient (Wildman–Crippen LogP) is 0.933. The predicted molar refractivity (Wildman–Crippen MR) is 53.2 cm³/mol. The number of carboxylic acid groups (broad SMARTS) is 1. The van der Waals surface area contributed by atoms with E-state index in [1.54, 1.807) is 18.2 Å². The van der Waals surface area contributed by atoms with Crippen molar-refractivity contribution in [3.63, 3.8) is 0 Å². The van der Waals surface area contributed by atoms with Gasteiger partial charge in [-0.3, -0.25) is 4.79 Å². The average Bonchev–Trinajstić information content (AvgIpc) is 2.99. The zero-order valence-corrected chi connectivity index (χ0v) is 8.65. The lowest BCUT2D eigenvalue weighted by atomic mass is 10.4. The number of rotatable bonds is 3. The van der Waals surface area contributed by atoms with Crippen molar-refractivity contribution < 1.29 is 18.3 Å². The van der Waals surface area contributed by atoms with Gasteiger partial charge < -0.3 is 5.11 Å². The topological polar surface area (TPSA) is 71.4 Å². The molecule has 0 unspecified atom stereocenters. The summed E-state index contributed by atoms with van der Waals surface area (Å²) in [5.74, 6) is -1.75. The Morgan fingerprint density at radius 2 is 1.87 bits per heavy atom. The Balaban J connectivity index is 2.28. The number of sulfone groups is 1. The summed E-state index contributed by atoms with van der Waals surface area (Å²) in [7, 11) is -3.44. The van der Waals surface area contributed by atoms with Crippen LogP contribution in [0.1, 0.15) is 6.42 Å². The number of aliphatic carboxylic acids is 1. The third kappa shape index (κ3) is 1.74. The van der Waals surface area contributed by atoms with Crippen molar-refractivity contribution in [3.05, 3.63) is 30.3 Å². The first kappa shape index (κ1) is 10.2. The molecule has 1 aromatic carbocycles. The Kier molecular flexibility index (Phi) is 2.26. The summed E-state index contributed by atoms with van der Waals surface area (Å²) >= 11 is 0. The van der Waals surface area contributed by atoms with Gasteiger partial charge in [-0.15, -0.1) is 0 Å². The molecule has 2 atom stereocenters. The summed E-state index contributed by atoms with van der Waals surface area (Å²) in [5.41, 5.74) is 0. The third-order valence-electron chi connectivity index (χ3n) is 2.52. The molecule has 0 bridgehead atoms. The van der Waals surface area contributed by atoms with E-state index in [2.05, 4.69) is 0 Å². The molecule has 0 spiro atoms. The van der Waals surface area contributed by atoms with Crippen LogP contribution in [0.15, 0.2) is 35.2 Å². The molecule has 0 aliphatic heterocycles. The molecule has 80 valence electrons. The molecule has 1 N–H and O–H groups in total. The first-order valence-corrected chi connectivity index (χ1v) is 6.10. The van der Waals surface area contributed by atoms with Crippen molar-refractivity contribution in [2.45, 2.75) is 16.6 Å². The molecular formula is C10H10O4S. The van der Waals surface area contributed by atoms with Gasteiger partial charge in [0.25, 0.3) is 0 Å². The summed E-state index contributed by atoms with van der Waals surface area (Å²) in [4.78, 5) is 10.8.